The van der Waals surface area contributed by atoms with E-state index in [1.807, 2.05) is 77.7 Å². The number of hydrogen-bond acceptors (Lipinski definition) is 4. The third-order valence-corrected chi connectivity index (χ3v) is 6.53. The van der Waals surface area contributed by atoms with Crippen LogP contribution in [0.15, 0.2) is 84.0 Å². The largest absolute Gasteiger partial charge is 0.341 e. The van der Waals surface area contributed by atoms with Crippen molar-refractivity contribution in [2.24, 2.45) is 0 Å². The number of likely N-dealkylation sites (tertiary alicyclic amines) is 1. The molecule has 0 radical (unpaired) electrons. The van der Waals surface area contributed by atoms with Crippen molar-refractivity contribution in [3.05, 3.63) is 90.1 Å². The average molecular weight is 461 g/mol. The molecule has 0 aliphatic carbocycles. The zero-order chi connectivity index (χ0) is 22.9. The lowest BCUT2D eigenvalue weighted by molar-refractivity contribution is -0.132. The molecule has 1 fully saturated rings. The lowest BCUT2D eigenvalue weighted by atomic mass is 10.0. The van der Waals surface area contributed by atoms with Gasteiger partial charge in [0.1, 0.15) is 6.04 Å². The van der Waals surface area contributed by atoms with Gasteiger partial charge in [-0.05, 0) is 48.2 Å². The lowest BCUT2D eigenvalue weighted by Crippen LogP contribution is -2.50. The maximum absolute atomic E-state index is 13.1. The summed E-state index contributed by atoms with van der Waals surface area (Å²) in [7, 11) is 0. The fourth-order valence-electron chi connectivity index (χ4n) is 3.86. The number of anilines is 1. The number of amides is 3. The first kappa shape index (κ1) is 22.9. The highest BCUT2D eigenvalue weighted by atomic mass is 32.2. The molecule has 2 heterocycles. The van der Waals surface area contributed by atoms with Crippen molar-refractivity contribution in [1.82, 2.24) is 15.2 Å². The van der Waals surface area contributed by atoms with Gasteiger partial charge in [-0.15, -0.1) is 11.8 Å². The summed E-state index contributed by atoms with van der Waals surface area (Å²) in [5, 5.41) is 6.76. The molecule has 3 amide bonds. The van der Waals surface area contributed by atoms with E-state index in [9.17, 15) is 9.59 Å². The van der Waals surface area contributed by atoms with Gasteiger partial charge in [0.25, 0.3) is 0 Å². The van der Waals surface area contributed by atoms with Crippen molar-refractivity contribution in [2.75, 3.05) is 18.4 Å². The van der Waals surface area contributed by atoms with Crippen molar-refractivity contribution in [2.45, 2.75) is 36.1 Å². The number of urea groups is 1. The fraction of sp³-hybridized carbons (Fsp3) is 0.269. The van der Waals surface area contributed by atoms with Crippen LogP contribution in [0, 0.1) is 0 Å². The summed E-state index contributed by atoms with van der Waals surface area (Å²) in [6.07, 6.45) is 4.27. The van der Waals surface area contributed by atoms with E-state index in [0.717, 1.165) is 47.8 Å². The van der Waals surface area contributed by atoms with E-state index < -0.39 is 6.04 Å². The molecule has 33 heavy (non-hydrogen) atoms. The SMILES string of the molecule is O=C(Nc1cccc(CSc2ccccn2)c1)NC(Cc1ccccc1)C(=O)N1CCCC1. The molecule has 0 spiro atoms. The van der Waals surface area contributed by atoms with Crippen LogP contribution in [-0.4, -0.2) is 41.0 Å². The number of benzene rings is 2. The van der Waals surface area contributed by atoms with E-state index >= 15 is 0 Å². The van der Waals surface area contributed by atoms with Gasteiger partial charge in [0, 0.05) is 37.1 Å². The van der Waals surface area contributed by atoms with Gasteiger partial charge in [-0.2, -0.15) is 0 Å². The van der Waals surface area contributed by atoms with E-state index in [4.69, 9.17) is 0 Å². The standard InChI is InChI=1S/C26H28N4O2S/c31-25(30-15-6-7-16-30)23(18-20-9-2-1-3-10-20)29-26(32)28-22-12-8-11-21(17-22)19-33-24-13-4-5-14-27-24/h1-5,8-14,17,23H,6-7,15-16,18-19H2,(H2,28,29,32). The summed E-state index contributed by atoms with van der Waals surface area (Å²) >= 11 is 1.64. The molecule has 0 saturated carbocycles. The van der Waals surface area contributed by atoms with E-state index in [2.05, 4.69) is 15.6 Å². The van der Waals surface area contributed by atoms with Crippen LogP contribution >= 0.6 is 11.8 Å². The van der Waals surface area contributed by atoms with Crippen LogP contribution in [0.1, 0.15) is 24.0 Å². The molecule has 6 nitrogen and oxygen atoms in total. The predicted molar refractivity (Wildman–Crippen MR) is 132 cm³/mol. The average Bonchev–Trinajstić information content (AvgIpc) is 3.38. The topological polar surface area (TPSA) is 74.3 Å². The zero-order valence-electron chi connectivity index (χ0n) is 18.4. The maximum Gasteiger partial charge on any atom is 0.319 e. The number of aromatic nitrogens is 1. The minimum absolute atomic E-state index is 0.0213. The monoisotopic (exact) mass is 460 g/mol. The van der Waals surface area contributed by atoms with Crippen molar-refractivity contribution in [1.29, 1.82) is 0 Å². The number of nitrogens with zero attached hydrogens (tertiary/aromatic N) is 2. The Balaban J connectivity index is 1.38. The molecule has 2 N–H and O–H groups in total. The van der Waals surface area contributed by atoms with Gasteiger partial charge in [0.05, 0.1) is 5.03 Å². The lowest BCUT2D eigenvalue weighted by Gasteiger charge is -2.24. The van der Waals surface area contributed by atoms with Crippen LogP contribution in [0.5, 0.6) is 0 Å². The minimum atomic E-state index is -0.603. The third kappa shape index (κ3) is 6.83. The molecular formula is C26H28N4O2S. The van der Waals surface area contributed by atoms with Gasteiger partial charge < -0.3 is 15.5 Å². The molecule has 1 unspecified atom stereocenters. The molecule has 1 aliphatic heterocycles. The molecule has 1 aromatic heterocycles. The number of rotatable bonds is 8. The van der Waals surface area contributed by atoms with Gasteiger partial charge in [0.15, 0.2) is 0 Å². The number of nitrogens with one attached hydrogen (secondary N) is 2. The molecule has 1 aliphatic rings. The Labute approximate surface area is 198 Å². The van der Waals surface area contributed by atoms with Crippen LogP contribution in [0.4, 0.5) is 10.5 Å². The second kappa shape index (κ2) is 11.5. The molecule has 4 rings (SSSR count). The summed E-state index contributed by atoms with van der Waals surface area (Å²) in [6.45, 7) is 1.51. The zero-order valence-corrected chi connectivity index (χ0v) is 19.3. The summed E-state index contributed by atoms with van der Waals surface area (Å²) in [5.41, 5.74) is 2.79. The summed E-state index contributed by atoms with van der Waals surface area (Å²) in [4.78, 5) is 32.1. The number of thioether (sulfide) groups is 1. The van der Waals surface area contributed by atoms with Crippen molar-refractivity contribution in [3.8, 4) is 0 Å². The molecule has 1 saturated heterocycles. The Bertz CT molecular complexity index is 1060. The normalized spacial score (nSPS) is 14.0. The molecule has 0 bridgehead atoms. The predicted octanol–water partition coefficient (Wildman–Crippen LogP) is 4.73. The Kier molecular flexibility index (Phi) is 7.98. The first-order valence-electron chi connectivity index (χ1n) is 11.2. The van der Waals surface area contributed by atoms with Crippen LogP contribution in [0.3, 0.4) is 0 Å². The van der Waals surface area contributed by atoms with Crippen molar-refractivity contribution >= 4 is 29.4 Å². The molecule has 3 aromatic rings. The summed E-state index contributed by atoms with van der Waals surface area (Å²) < 4.78 is 0. The number of pyridine rings is 1. The highest BCUT2D eigenvalue weighted by molar-refractivity contribution is 7.98. The molecule has 1 atom stereocenters. The number of carbonyl (C=O) groups excluding carboxylic acids is 2. The first-order chi connectivity index (χ1) is 16.2. The second-order valence-corrected chi connectivity index (χ2v) is 9.03. The maximum atomic E-state index is 13.1. The van der Waals surface area contributed by atoms with Crippen LogP contribution in [0.2, 0.25) is 0 Å². The summed E-state index contributed by atoms with van der Waals surface area (Å²) in [5.74, 6) is 0.727. The van der Waals surface area contributed by atoms with Gasteiger partial charge in [-0.1, -0.05) is 48.5 Å². The minimum Gasteiger partial charge on any atom is -0.341 e. The van der Waals surface area contributed by atoms with Crippen LogP contribution in [-0.2, 0) is 17.0 Å². The Morgan fingerprint density at radius 2 is 1.70 bits per heavy atom. The van der Waals surface area contributed by atoms with E-state index in [1.54, 1.807) is 18.0 Å². The molecule has 2 aromatic carbocycles. The van der Waals surface area contributed by atoms with Gasteiger partial charge in [-0.25, -0.2) is 9.78 Å². The van der Waals surface area contributed by atoms with Crippen LogP contribution < -0.4 is 10.6 Å². The fourth-order valence-corrected chi connectivity index (χ4v) is 4.67. The summed E-state index contributed by atoms with van der Waals surface area (Å²) in [6, 6.07) is 22.4. The van der Waals surface area contributed by atoms with E-state index in [1.165, 1.54) is 0 Å². The number of hydrogen-bond donors (Lipinski definition) is 2. The van der Waals surface area contributed by atoms with Crippen LogP contribution in [0.25, 0.3) is 0 Å². The Morgan fingerprint density at radius 1 is 0.939 bits per heavy atom. The third-order valence-electron chi connectivity index (χ3n) is 5.51. The van der Waals surface area contributed by atoms with Gasteiger partial charge in [-0.3, -0.25) is 4.79 Å². The van der Waals surface area contributed by atoms with Gasteiger partial charge in [0.2, 0.25) is 5.91 Å². The van der Waals surface area contributed by atoms with Crippen molar-refractivity contribution < 1.29 is 9.59 Å². The quantitative estimate of drug-likeness (QED) is 0.477. The smallest absolute Gasteiger partial charge is 0.319 e. The number of carbonyl (C=O) groups is 2. The van der Waals surface area contributed by atoms with E-state index in [-0.39, 0.29) is 11.9 Å². The van der Waals surface area contributed by atoms with Gasteiger partial charge >= 0.3 is 6.03 Å². The van der Waals surface area contributed by atoms with Crippen molar-refractivity contribution in [3.63, 3.8) is 0 Å². The molecule has 7 heteroatoms. The Morgan fingerprint density at radius 3 is 2.45 bits per heavy atom. The second-order valence-electron chi connectivity index (χ2n) is 8.03. The highest BCUT2D eigenvalue weighted by Crippen LogP contribution is 2.22. The first-order valence-corrected chi connectivity index (χ1v) is 12.2. The van der Waals surface area contributed by atoms with E-state index in [0.29, 0.717) is 12.1 Å². The Hall–Kier alpha value is -3.32. The highest BCUT2D eigenvalue weighted by Gasteiger charge is 2.28. The molecular weight excluding hydrogens is 432 g/mol. The molecule has 170 valence electrons.